The minimum atomic E-state index is -0.122. The fraction of sp³-hybridized carbons (Fsp3) is 0.0870. The number of carbonyl (C=O) groups is 1. The van der Waals surface area contributed by atoms with E-state index in [1.54, 1.807) is 19.2 Å². The molecule has 1 N–H and O–H groups in total. The molecule has 0 aromatic heterocycles. The summed E-state index contributed by atoms with van der Waals surface area (Å²) < 4.78 is 11.4. The number of benzene rings is 3. The Kier molecular flexibility index (Phi) is 5.47. The van der Waals surface area contributed by atoms with Gasteiger partial charge in [0.1, 0.15) is 6.61 Å². The highest BCUT2D eigenvalue weighted by atomic mass is 35.5. The number of hydrogen-bond donors (Lipinski definition) is 1. The summed E-state index contributed by atoms with van der Waals surface area (Å²) in [7, 11) is 1.58. The lowest BCUT2D eigenvalue weighted by molar-refractivity contribution is -0.110. The Balaban J connectivity index is 1.58. The monoisotopic (exact) mass is 425 g/mol. The van der Waals surface area contributed by atoms with Gasteiger partial charge in [0.2, 0.25) is 0 Å². The van der Waals surface area contributed by atoms with Gasteiger partial charge in [0.05, 0.1) is 7.11 Å². The lowest BCUT2D eigenvalue weighted by atomic mass is 10.0. The van der Waals surface area contributed by atoms with Crippen LogP contribution >= 0.6 is 23.2 Å². The Morgan fingerprint density at radius 3 is 2.62 bits per heavy atom. The number of fused-ring (bicyclic) bond motifs is 1. The van der Waals surface area contributed by atoms with Gasteiger partial charge in [-0.3, -0.25) is 4.79 Å². The number of ether oxygens (including phenoxy) is 2. The highest BCUT2D eigenvalue weighted by molar-refractivity contribution is 6.35. The number of nitrogens with one attached hydrogen (secondary N) is 1. The lowest BCUT2D eigenvalue weighted by Crippen LogP contribution is -2.03. The number of halogens is 2. The summed E-state index contributed by atoms with van der Waals surface area (Å²) in [6.07, 6.45) is 1.84. The molecule has 4 rings (SSSR count). The second-order valence-corrected chi connectivity index (χ2v) is 7.34. The lowest BCUT2D eigenvalue weighted by Gasteiger charge is -2.12. The van der Waals surface area contributed by atoms with Crippen LogP contribution in [0.5, 0.6) is 11.5 Å². The molecular formula is C23H17Cl2NO3. The summed E-state index contributed by atoms with van der Waals surface area (Å²) in [5, 5.41) is 3.99. The summed E-state index contributed by atoms with van der Waals surface area (Å²) >= 11 is 12.1. The van der Waals surface area contributed by atoms with E-state index in [1.165, 1.54) is 0 Å². The van der Waals surface area contributed by atoms with Gasteiger partial charge in [-0.05, 0) is 42.0 Å². The van der Waals surface area contributed by atoms with Crippen molar-refractivity contribution in [3.05, 3.63) is 87.4 Å². The van der Waals surface area contributed by atoms with Crippen LogP contribution in [-0.4, -0.2) is 13.0 Å². The zero-order valence-electron chi connectivity index (χ0n) is 15.5. The maximum absolute atomic E-state index is 12.3. The number of methoxy groups -OCH3 is 1. The van der Waals surface area contributed by atoms with E-state index >= 15 is 0 Å². The predicted molar refractivity (Wildman–Crippen MR) is 117 cm³/mol. The Morgan fingerprint density at radius 2 is 1.83 bits per heavy atom. The number of carbonyl (C=O) groups excluding carboxylic acids is 1. The molecule has 1 aliphatic rings. The molecule has 0 aliphatic carbocycles. The van der Waals surface area contributed by atoms with E-state index in [-0.39, 0.29) is 12.5 Å². The highest BCUT2D eigenvalue weighted by Gasteiger charge is 2.23. The molecule has 0 fully saturated rings. The van der Waals surface area contributed by atoms with Crippen molar-refractivity contribution in [3.8, 4) is 11.5 Å². The molecule has 0 unspecified atom stereocenters. The molecule has 0 saturated carbocycles. The fourth-order valence-electron chi connectivity index (χ4n) is 3.14. The average Bonchev–Trinajstić information content (AvgIpc) is 3.03. The smallest absolute Gasteiger partial charge is 0.256 e. The van der Waals surface area contributed by atoms with E-state index in [2.05, 4.69) is 5.32 Å². The number of para-hydroxylation sites is 1. The van der Waals surface area contributed by atoms with E-state index in [1.807, 2.05) is 54.6 Å². The molecule has 0 saturated heterocycles. The zero-order chi connectivity index (χ0) is 20.4. The second-order valence-electron chi connectivity index (χ2n) is 6.49. The summed E-state index contributed by atoms with van der Waals surface area (Å²) in [4.78, 5) is 12.3. The summed E-state index contributed by atoms with van der Waals surface area (Å²) in [6, 6.07) is 18.4. The van der Waals surface area contributed by atoms with E-state index < -0.39 is 0 Å². The number of rotatable bonds is 5. The standard InChI is InChI=1S/C23H17Cl2NO3/c1-28-22-11-14(10-18-17-4-2-3-5-20(17)26-23(18)27)6-9-21(22)29-13-15-7-8-16(24)12-19(15)25/h2-12H,13H2,1H3,(H,26,27)/b18-10-. The number of amides is 1. The zero-order valence-corrected chi connectivity index (χ0v) is 17.1. The molecule has 4 nitrogen and oxygen atoms in total. The Morgan fingerprint density at radius 1 is 1.00 bits per heavy atom. The van der Waals surface area contributed by atoms with Crippen LogP contribution in [0.15, 0.2) is 60.7 Å². The van der Waals surface area contributed by atoms with Crippen molar-refractivity contribution in [2.75, 3.05) is 12.4 Å². The molecule has 0 atom stereocenters. The maximum atomic E-state index is 12.3. The summed E-state index contributed by atoms with van der Waals surface area (Å²) in [5.41, 5.74) is 3.97. The third-order valence-corrected chi connectivity index (χ3v) is 5.19. The van der Waals surface area contributed by atoms with Crippen molar-refractivity contribution < 1.29 is 14.3 Å². The molecule has 3 aromatic carbocycles. The van der Waals surface area contributed by atoms with Crippen molar-refractivity contribution in [2.45, 2.75) is 6.61 Å². The van der Waals surface area contributed by atoms with Crippen LogP contribution in [0.3, 0.4) is 0 Å². The Labute approximate surface area is 178 Å². The van der Waals surface area contributed by atoms with E-state index in [9.17, 15) is 4.79 Å². The van der Waals surface area contributed by atoms with Gasteiger partial charge in [-0.1, -0.05) is 53.5 Å². The van der Waals surface area contributed by atoms with Crippen molar-refractivity contribution >= 4 is 46.4 Å². The molecule has 0 spiro atoms. The van der Waals surface area contributed by atoms with Crippen LogP contribution in [0.4, 0.5) is 5.69 Å². The fourth-order valence-corrected chi connectivity index (χ4v) is 3.60. The van der Waals surface area contributed by atoms with Crippen LogP contribution < -0.4 is 14.8 Å². The third-order valence-electron chi connectivity index (χ3n) is 4.61. The SMILES string of the molecule is COc1cc(/C=C2\C(=O)Nc3ccccc32)ccc1OCc1ccc(Cl)cc1Cl. The molecular weight excluding hydrogens is 409 g/mol. The van der Waals surface area contributed by atoms with E-state index in [0.29, 0.717) is 27.1 Å². The number of anilines is 1. The quantitative estimate of drug-likeness (QED) is 0.504. The Bertz CT molecular complexity index is 1120. The first-order valence-corrected chi connectivity index (χ1v) is 9.68. The van der Waals surface area contributed by atoms with Gasteiger partial charge in [0, 0.05) is 32.4 Å². The van der Waals surface area contributed by atoms with Crippen LogP contribution in [0.2, 0.25) is 10.0 Å². The van der Waals surface area contributed by atoms with Crippen LogP contribution in [0.1, 0.15) is 16.7 Å². The van der Waals surface area contributed by atoms with Gasteiger partial charge in [-0.25, -0.2) is 0 Å². The van der Waals surface area contributed by atoms with Gasteiger partial charge < -0.3 is 14.8 Å². The first kappa shape index (κ1) is 19.4. The van der Waals surface area contributed by atoms with Gasteiger partial charge in [0.15, 0.2) is 11.5 Å². The molecule has 0 bridgehead atoms. The van der Waals surface area contributed by atoms with Gasteiger partial charge in [-0.15, -0.1) is 0 Å². The largest absolute Gasteiger partial charge is 0.493 e. The summed E-state index contributed by atoms with van der Waals surface area (Å²) in [5.74, 6) is 1.02. The van der Waals surface area contributed by atoms with Gasteiger partial charge >= 0.3 is 0 Å². The predicted octanol–water partition coefficient (Wildman–Crippen LogP) is 6.07. The molecule has 146 valence electrons. The van der Waals surface area contributed by atoms with Crippen LogP contribution in [-0.2, 0) is 11.4 Å². The van der Waals surface area contributed by atoms with Gasteiger partial charge in [-0.2, -0.15) is 0 Å². The average molecular weight is 426 g/mol. The Hall–Kier alpha value is -2.95. The minimum absolute atomic E-state index is 0.122. The van der Waals surface area contributed by atoms with E-state index in [0.717, 1.165) is 22.4 Å². The molecule has 29 heavy (non-hydrogen) atoms. The second kappa shape index (κ2) is 8.19. The topological polar surface area (TPSA) is 47.6 Å². The first-order chi connectivity index (χ1) is 14.0. The van der Waals surface area contributed by atoms with Crippen molar-refractivity contribution in [1.29, 1.82) is 0 Å². The minimum Gasteiger partial charge on any atom is -0.493 e. The normalized spacial score (nSPS) is 13.9. The third kappa shape index (κ3) is 4.09. The molecule has 1 heterocycles. The van der Waals surface area contributed by atoms with Crippen molar-refractivity contribution in [1.82, 2.24) is 0 Å². The molecule has 6 heteroatoms. The maximum Gasteiger partial charge on any atom is 0.256 e. The first-order valence-electron chi connectivity index (χ1n) is 8.92. The van der Waals surface area contributed by atoms with E-state index in [4.69, 9.17) is 32.7 Å². The summed E-state index contributed by atoms with van der Waals surface area (Å²) in [6.45, 7) is 0.280. The van der Waals surface area contributed by atoms with Crippen LogP contribution in [0, 0.1) is 0 Å². The molecule has 0 radical (unpaired) electrons. The highest BCUT2D eigenvalue weighted by Crippen LogP contribution is 2.35. The number of hydrogen-bond acceptors (Lipinski definition) is 3. The van der Waals surface area contributed by atoms with Crippen molar-refractivity contribution in [2.24, 2.45) is 0 Å². The van der Waals surface area contributed by atoms with Gasteiger partial charge in [0.25, 0.3) is 5.91 Å². The van der Waals surface area contributed by atoms with Crippen LogP contribution in [0.25, 0.3) is 11.6 Å². The molecule has 1 amide bonds. The van der Waals surface area contributed by atoms with Crippen molar-refractivity contribution in [3.63, 3.8) is 0 Å². The molecule has 1 aliphatic heterocycles. The molecule has 3 aromatic rings.